The quantitative estimate of drug-likeness (QED) is 0.858. The summed E-state index contributed by atoms with van der Waals surface area (Å²) in [6, 6.07) is 10.0. The van der Waals surface area contributed by atoms with Crippen LogP contribution < -0.4 is 5.73 Å². The lowest BCUT2D eigenvalue weighted by Gasteiger charge is -2.29. The second-order valence-corrected chi connectivity index (χ2v) is 7.49. The molecule has 1 aliphatic rings. The molecule has 2 aromatic rings. The number of benzene rings is 1. The summed E-state index contributed by atoms with van der Waals surface area (Å²) in [7, 11) is 1.84. The fraction of sp³-hybridized carbons (Fsp3) is 0.474. The van der Waals surface area contributed by atoms with Crippen molar-refractivity contribution in [3.05, 3.63) is 47.8 Å². The van der Waals surface area contributed by atoms with Crippen molar-refractivity contribution in [2.75, 3.05) is 20.1 Å². The van der Waals surface area contributed by atoms with Gasteiger partial charge in [0.1, 0.15) is 0 Å². The number of para-hydroxylation sites is 1. The highest BCUT2D eigenvalue weighted by Gasteiger charge is 2.34. The van der Waals surface area contributed by atoms with E-state index in [1.165, 1.54) is 0 Å². The normalized spacial score (nSPS) is 14.1. The van der Waals surface area contributed by atoms with Gasteiger partial charge in [0.05, 0.1) is 23.1 Å². The largest absolute Gasteiger partial charge is 0.341 e. The average Bonchev–Trinajstić information content (AvgIpc) is 3.32. The Morgan fingerprint density at radius 2 is 1.96 bits per heavy atom. The average molecular weight is 363 g/mol. The fourth-order valence-electron chi connectivity index (χ4n) is 3.03. The molecule has 1 aromatic carbocycles. The molecule has 0 aliphatic heterocycles. The van der Waals surface area contributed by atoms with Crippen LogP contribution in [0.2, 0.25) is 0 Å². The number of nitrogens with zero attached hydrogens (tertiary/aromatic N) is 3. The molecule has 2 N–H and O–H groups in total. The van der Waals surface area contributed by atoms with Gasteiger partial charge in [-0.3, -0.25) is 4.79 Å². The first-order valence-corrected chi connectivity index (χ1v) is 8.52. The van der Waals surface area contributed by atoms with Crippen molar-refractivity contribution in [3.63, 3.8) is 0 Å². The van der Waals surface area contributed by atoms with Crippen molar-refractivity contribution in [3.8, 4) is 5.69 Å². The predicted octanol–water partition coefficient (Wildman–Crippen LogP) is 3.23. The van der Waals surface area contributed by atoms with Crippen molar-refractivity contribution in [1.82, 2.24) is 14.7 Å². The van der Waals surface area contributed by atoms with Crippen molar-refractivity contribution in [2.45, 2.75) is 32.6 Å². The first-order valence-electron chi connectivity index (χ1n) is 8.52. The zero-order valence-electron chi connectivity index (χ0n) is 15.1. The summed E-state index contributed by atoms with van der Waals surface area (Å²) in [6.07, 6.45) is 3.96. The topological polar surface area (TPSA) is 64.2 Å². The highest BCUT2D eigenvalue weighted by Crippen LogP contribution is 2.42. The molecule has 0 spiro atoms. The minimum atomic E-state index is -0.0976. The fourth-order valence-corrected chi connectivity index (χ4v) is 3.03. The van der Waals surface area contributed by atoms with E-state index in [2.05, 4.69) is 18.9 Å². The van der Waals surface area contributed by atoms with Gasteiger partial charge in [0.2, 0.25) is 0 Å². The molecule has 1 heterocycles. The van der Waals surface area contributed by atoms with Gasteiger partial charge in [-0.2, -0.15) is 5.10 Å². The lowest BCUT2D eigenvalue weighted by atomic mass is 9.93. The molecule has 5 nitrogen and oxygen atoms in total. The number of hydrogen-bond donors (Lipinski definition) is 1. The summed E-state index contributed by atoms with van der Waals surface area (Å²) in [5.74, 6) is 0.461. The maximum absolute atomic E-state index is 13.0. The summed E-state index contributed by atoms with van der Waals surface area (Å²) in [5.41, 5.74) is 8.48. The molecule has 1 aliphatic carbocycles. The SMILES string of the molecule is CN(CC(C)(C)CN)C(=O)c1cnn(-c2ccccc2)c1C1CC1.Cl. The number of carbonyl (C=O) groups is 1. The Kier molecular flexibility index (Phi) is 5.91. The zero-order chi connectivity index (χ0) is 17.3. The van der Waals surface area contributed by atoms with E-state index in [0.29, 0.717) is 19.0 Å². The molecule has 25 heavy (non-hydrogen) atoms. The Hall–Kier alpha value is -1.85. The van der Waals surface area contributed by atoms with Gasteiger partial charge in [-0.05, 0) is 36.9 Å². The van der Waals surface area contributed by atoms with Gasteiger partial charge in [0, 0.05) is 19.5 Å². The molecule has 0 radical (unpaired) electrons. The van der Waals surface area contributed by atoms with E-state index in [0.717, 1.165) is 29.8 Å². The van der Waals surface area contributed by atoms with Gasteiger partial charge in [0.15, 0.2) is 0 Å². The Balaban J connectivity index is 0.00000225. The van der Waals surface area contributed by atoms with Crippen LogP contribution >= 0.6 is 12.4 Å². The van der Waals surface area contributed by atoms with Gasteiger partial charge < -0.3 is 10.6 Å². The number of rotatable bonds is 6. The smallest absolute Gasteiger partial charge is 0.257 e. The third-order valence-electron chi connectivity index (χ3n) is 4.57. The number of carbonyl (C=O) groups excluding carboxylic acids is 1. The minimum Gasteiger partial charge on any atom is -0.341 e. The molecule has 1 saturated carbocycles. The first-order chi connectivity index (χ1) is 11.4. The number of nitrogens with two attached hydrogens (primary N) is 1. The van der Waals surface area contributed by atoms with E-state index >= 15 is 0 Å². The monoisotopic (exact) mass is 362 g/mol. The second-order valence-electron chi connectivity index (χ2n) is 7.49. The van der Waals surface area contributed by atoms with Crippen molar-refractivity contribution < 1.29 is 4.79 Å². The van der Waals surface area contributed by atoms with Crippen LogP contribution in [0.3, 0.4) is 0 Å². The minimum absolute atomic E-state index is 0. The van der Waals surface area contributed by atoms with E-state index in [9.17, 15) is 4.79 Å². The van der Waals surface area contributed by atoms with E-state index in [-0.39, 0.29) is 23.7 Å². The lowest BCUT2D eigenvalue weighted by Crippen LogP contribution is -2.40. The molecular weight excluding hydrogens is 336 g/mol. The van der Waals surface area contributed by atoms with Gasteiger partial charge in [0.25, 0.3) is 5.91 Å². The van der Waals surface area contributed by atoms with Crippen LogP contribution in [0.15, 0.2) is 36.5 Å². The molecule has 0 unspecified atom stereocenters. The first kappa shape index (κ1) is 19.5. The van der Waals surface area contributed by atoms with E-state index in [1.807, 2.05) is 42.1 Å². The summed E-state index contributed by atoms with van der Waals surface area (Å²) < 4.78 is 1.92. The molecule has 0 bridgehead atoms. The second kappa shape index (κ2) is 7.58. The standard InChI is InChI=1S/C19H26N4O.ClH/c1-19(2,12-20)13-22(3)18(24)16-11-21-23(17(16)14-9-10-14)15-7-5-4-6-8-15;/h4-8,11,14H,9-10,12-13,20H2,1-3H3;1H. The van der Waals surface area contributed by atoms with Crippen LogP contribution in [0.4, 0.5) is 0 Å². The van der Waals surface area contributed by atoms with Crippen LogP contribution in [0.25, 0.3) is 5.69 Å². The molecular formula is C19H27ClN4O. The molecule has 0 atom stereocenters. The van der Waals surface area contributed by atoms with E-state index < -0.39 is 0 Å². The van der Waals surface area contributed by atoms with Crippen molar-refractivity contribution >= 4 is 18.3 Å². The molecule has 136 valence electrons. The van der Waals surface area contributed by atoms with Gasteiger partial charge in [-0.1, -0.05) is 32.0 Å². The van der Waals surface area contributed by atoms with Gasteiger partial charge >= 0.3 is 0 Å². The molecule has 6 heteroatoms. The Labute approximate surface area is 155 Å². The van der Waals surface area contributed by atoms with Crippen molar-refractivity contribution in [1.29, 1.82) is 0 Å². The van der Waals surface area contributed by atoms with E-state index in [4.69, 9.17) is 5.73 Å². The maximum Gasteiger partial charge on any atom is 0.257 e. The van der Waals surface area contributed by atoms with Crippen LogP contribution in [-0.4, -0.2) is 40.7 Å². The Bertz CT molecular complexity index is 722. The Morgan fingerprint density at radius 1 is 1.32 bits per heavy atom. The Morgan fingerprint density at radius 3 is 2.52 bits per heavy atom. The maximum atomic E-state index is 13.0. The van der Waals surface area contributed by atoms with Crippen LogP contribution in [-0.2, 0) is 0 Å². The third-order valence-corrected chi connectivity index (χ3v) is 4.57. The van der Waals surface area contributed by atoms with Gasteiger partial charge in [-0.25, -0.2) is 4.68 Å². The van der Waals surface area contributed by atoms with Crippen LogP contribution in [0, 0.1) is 5.41 Å². The zero-order valence-corrected chi connectivity index (χ0v) is 15.9. The molecule has 1 fully saturated rings. The molecule has 1 aromatic heterocycles. The number of halogens is 1. The van der Waals surface area contributed by atoms with Gasteiger partial charge in [-0.15, -0.1) is 12.4 Å². The highest BCUT2D eigenvalue weighted by molar-refractivity contribution is 5.95. The predicted molar refractivity (Wildman–Crippen MR) is 103 cm³/mol. The van der Waals surface area contributed by atoms with Crippen molar-refractivity contribution in [2.24, 2.45) is 11.1 Å². The van der Waals surface area contributed by atoms with Crippen LogP contribution in [0.1, 0.15) is 48.7 Å². The number of hydrogen-bond acceptors (Lipinski definition) is 3. The number of aromatic nitrogens is 2. The number of amides is 1. The van der Waals surface area contributed by atoms with Crippen LogP contribution in [0.5, 0.6) is 0 Å². The van der Waals surface area contributed by atoms with E-state index in [1.54, 1.807) is 11.1 Å². The summed E-state index contributed by atoms with van der Waals surface area (Å²) >= 11 is 0. The summed E-state index contributed by atoms with van der Waals surface area (Å²) in [5, 5.41) is 4.51. The summed E-state index contributed by atoms with van der Waals surface area (Å²) in [4.78, 5) is 14.7. The molecule has 0 saturated heterocycles. The molecule has 3 rings (SSSR count). The third kappa shape index (κ3) is 4.22. The molecule has 1 amide bonds. The summed E-state index contributed by atoms with van der Waals surface area (Å²) in [6.45, 7) is 5.32. The lowest BCUT2D eigenvalue weighted by molar-refractivity contribution is 0.0739. The highest BCUT2D eigenvalue weighted by atomic mass is 35.5.